The summed E-state index contributed by atoms with van der Waals surface area (Å²) < 4.78 is 0. The maximum Gasteiger partial charge on any atom is 0.182 e. The summed E-state index contributed by atoms with van der Waals surface area (Å²) in [7, 11) is 0. The van der Waals surface area contributed by atoms with Crippen LogP contribution in [0.5, 0.6) is 0 Å². The molecule has 0 unspecified atom stereocenters. The van der Waals surface area contributed by atoms with Crippen molar-refractivity contribution in [3.63, 3.8) is 0 Å². The molecule has 0 aliphatic heterocycles. The largest absolute Gasteiger partial charge is 0.368 e. The number of nitrogens with zero attached hydrogens (tertiary/aromatic N) is 4. The Labute approximate surface area is 102 Å². The average molecular weight is 233 g/mol. The molecule has 17 heavy (non-hydrogen) atoms. The number of nitriles is 1. The van der Waals surface area contributed by atoms with Crippen molar-refractivity contribution in [1.82, 2.24) is 14.9 Å². The Bertz CT molecular complexity index is 367. The number of nitrogens with one attached hydrogen (secondary N) is 1. The second-order valence-corrected chi connectivity index (χ2v) is 3.67. The van der Waals surface area contributed by atoms with Crippen molar-refractivity contribution in [2.45, 2.75) is 20.3 Å². The van der Waals surface area contributed by atoms with E-state index in [-0.39, 0.29) is 0 Å². The lowest BCUT2D eigenvalue weighted by Crippen LogP contribution is -2.25. The van der Waals surface area contributed by atoms with E-state index in [0.29, 0.717) is 11.5 Å². The first-order chi connectivity index (χ1) is 8.31. The number of aromatic nitrogens is 2. The molecular formula is C12H19N5. The Morgan fingerprint density at radius 2 is 2.00 bits per heavy atom. The maximum atomic E-state index is 8.84. The fraction of sp³-hybridized carbons (Fsp3) is 0.583. The van der Waals surface area contributed by atoms with Crippen molar-refractivity contribution in [2.75, 3.05) is 31.5 Å². The summed E-state index contributed by atoms with van der Waals surface area (Å²) in [5.74, 6) is 0.578. The molecule has 0 aromatic carbocycles. The molecule has 1 aromatic heterocycles. The quantitative estimate of drug-likeness (QED) is 0.723. The van der Waals surface area contributed by atoms with Crippen molar-refractivity contribution in [1.29, 1.82) is 5.26 Å². The summed E-state index contributed by atoms with van der Waals surface area (Å²) in [5, 5.41) is 12.0. The average Bonchev–Trinajstić information content (AvgIpc) is 2.39. The first kappa shape index (κ1) is 13.4. The molecule has 0 saturated carbocycles. The van der Waals surface area contributed by atoms with Crippen LogP contribution in [0.25, 0.3) is 0 Å². The van der Waals surface area contributed by atoms with Gasteiger partial charge >= 0.3 is 0 Å². The Hall–Kier alpha value is -1.67. The van der Waals surface area contributed by atoms with Crippen LogP contribution in [0.3, 0.4) is 0 Å². The van der Waals surface area contributed by atoms with E-state index in [1.54, 1.807) is 6.20 Å². The van der Waals surface area contributed by atoms with Crippen molar-refractivity contribution in [3.05, 3.63) is 18.1 Å². The summed E-state index contributed by atoms with van der Waals surface area (Å²) >= 11 is 0. The van der Waals surface area contributed by atoms with Gasteiger partial charge in [0, 0.05) is 18.9 Å². The van der Waals surface area contributed by atoms with E-state index < -0.39 is 0 Å². The molecule has 1 heterocycles. The van der Waals surface area contributed by atoms with Gasteiger partial charge in [-0.25, -0.2) is 9.97 Å². The van der Waals surface area contributed by atoms with Gasteiger partial charge in [-0.15, -0.1) is 0 Å². The second-order valence-electron chi connectivity index (χ2n) is 3.67. The van der Waals surface area contributed by atoms with Gasteiger partial charge in [-0.1, -0.05) is 13.8 Å². The van der Waals surface area contributed by atoms with Gasteiger partial charge in [0.05, 0.1) is 0 Å². The molecule has 0 radical (unpaired) electrons. The smallest absolute Gasteiger partial charge is 0.182 e. The third-order valence-electron chi connectivity index (χ3n) is 2.64. The number of hydrogen-bond donors (Lipinski definition) is 1. The molecule has 0 saturated heterocycles. The van der Waals surface area contributed by atoms with Crippen molar-refractivity contribution < 1.29 is 0 Å². The highest BCUT2D eigenvalue weighted by Crippen LogP contribution is 2.06. The van der Waals surface area contributed by atoms with Gasteiger partial charge in [0.2, 0.25) is 0 Å². The van der Waals surface area contributed by atoms with Gasteiger partial charge in [-0.3, -0.25) is 0 Å². The summed E-state index contributed by atoms with van der Waals surface area (Å²) in [6.45, 7) is 8.34. The highest BCUT2D eigenvalue weighted by molar-refractivity contribution is 5.46. The third kappa shape index (κ3) is 4.37. The summed E-state index contributed by atoms with van der Waals surface area (Å²) in [6, 6.07) is 2.02. The van der Waals surface area contributed by atoms with E-state index in [1.165, 1.54) is 6.20 Å². The van der Waals surface area contributed by atoms with Crippen LogP contribution < -0.4 is 5.32 Å². The molecule has 0 aliphatic rings. The molecular weight excluding hydrogens is 214 g/mol. The van der Waals surface area contributed by atoms with Crippen molar-refractivity contribution >= 4 is 5.82 Å². The minimum atomic E-state index is 0.357. The van der Waals surface area contributed by atoms with Gasteiger partial charge in [0.25, 0.3) is 0 Å². The lowest BCUT2D eigenvalue weighted by Gasteiger charge is -2.17. The first-order valence-electron chi connectivity index (χ1n) is 5.99. The molecule has 5 heteroatoms. The summed E-state index contributed by atoms with van der Waals surface area (Å²) in [5.41, 5.74) is 0.357. The standard InChI is InChI=1S/C12H19N5/c1-3-17(4-2)9-5-6-15-12-11(10-13)14-7-8-16-12/h7-8H,3-6,9H2,1-2H3,(H,15,16). The van der Waals surface area contributed by atoms with E-state index in [1.807, 2.05) is 6.07 Å². The fourth-order valence-corrected chi connectivity index (χ4v) is 1.60. The molecule has 0 atom stereocenters. The first-order valence-corrected chi connectivity index (χ1v) is 5.99. The van der Waals surface area contributed by atoms with Crippen molar-refractivity contribution in [2.24, 2.45) is 0 Å². The van der Waals surface area contributed by atoms with Crippen LogP contribution in [-0.2, 0) is 0 Å². The zero-order valence-corrected chi connectivity index (χ0v) is 10.5. The zero-order chi connectivity index (χ0) is 12.5. The van der Waals surface area contributed by atoms with Gasteiger partial charge in [-0.05, 0) is 26.1 Å². The molecule has 1 rings (SSSR count). The highest BCUT2D eigenvalue weighted by atomic mass is 15.1. The molecule has 0 amide bonds. The van der Waals surface area contributed by atoms with Gasteiger partial charge < -0.3 is 10.2 Å². The monoisotopic (exact) mass is 233 g/mol. The molecule has 1 N–H and O–H groups in total. The molecule has 92 valence electrons. The zero-order valence-electron chi connectivity index (χ0n) is 10.5. The molecule has 0 fully saturated rings. The molecule has 0 spiro atoms. The van der Waals surface area contributed by atoms with Crippen LogP contribution in [0, 0.1) is 11.3 Å². The lowest BCUT2D eigenvalue weighted by atomic mass is 10.3. The van der Waals surface area contributed by atoms with Crippen molar-refractivity contribution in [3.8, 4) is 6.07 Å². The SMILES string of the molecule is CCN(CC)CCCNc1nccnc1C#N. The van der Waals surface area contributed by atoms with E-state index >= 15 is 0 Å². The van der Waals surface area contributed by atoms with E-state index in [4.69, 9.17) is 5.26 Å². The Balaban J connectivity index is 2.34. The minimum absolute atomic E-state index is 0.357. The normalized spacial score (nSPS) is 10.2. The Morgan fingerprint density at radius 1 is 1.29 bits per heavy atom. The van der Waals surface area contributed by atoms with Crippen LogP contribution in [0.1, 0.15) is 26.0 Å². The summed E-state index contributed by atoms with van der Waals surface area (Å²) in [6.07, 6.45) is 4.15. The molecule has 0 bridgehead atoms. The van der Waals surface area contributed by atoms with Crippen LogP contribution in [0.2, 0.25) is 0 Å². The lowest BCUT2D eigenvalue weighted by molar-refractivity contribution is 0.303. The van der Waals surface area contributed by atoms with Crippen LogP contribution in [0.15, 0.2) is 12.4 Å². The predicted molar refractivity (Wildman–Crippen MR) is 67.6 cm³/mol. The molecule has 5 nitrogen and oxygen atoms in total. The van der Waals surface area contributed by atoms with Gasteiger partial charge in [-0.2, -0.15) is 5.26 Å². The minimum Gasteiger partial charge on any atom is -0.368 e. The van der Waals surface area contributed by atoms with Crippen LogP contribution >= 0.6 is 0 Å². The number of rotatable bonds is 7. The number of anilines is 1. The van der Waals surface area contributed by atoms with Crippen LogP contribution in [-0.4, -0.2) is 41.0 Å². The number of hydrogen-bond acceptors (Lipinski definition) is 5. The molecule has 1 aromatic rings. The predicted octanol–water partition coefficient (Wildman–Crippen LogP) is 1.49. The molecule has 0 aliphatic carbocycles. The highest BCUT2D eigenvalue weighted by Gasteiger charge is 2.03. The van der Waals surface area contributed by atoms with E-state index in [2.05, 4.69) is 34.0 Å². The van der Waals surface area contributed by atoms with E-state index in [9.17, 15) is 0 Å². The Kier molecular flexibility index (Phi) is 5.97. The van der Waals surface area contributed by atoms with Gasteiger partial charge in [0.15, 0.2) is 11.5 Å². The Morgan fingerprint density at radius 3 is 2.65 bits per heavy atom. The maximum absolute atomic E-state index is 8.84. The van der Waals surface area contributed by atoms with Crippen LogP contribution in [0.4, 0.5) is 5.82 Å². The van der Waals surface area contributed by atoms with E-state index in [0.717, 1.165) is 32.6 Å². The third-order valence-corrected chi connectivity index (χ3v) is 2.64. The second kappa shape index (κ2) is 7.58. The van der Waals surface area contributed by atoms with Gasteiger partial charge in [0.1, 0.15) is 6.07 Å². The topological polar surface area (TPSA) is 64.8 Å². The fourth-order valence-electron chi connectivity index (χ4n) is 1.60. The summed E-state index contributed by atoms with van der Waals surface area (Å²) in [4.78, 5) is 10.4.